The Kier molecular flexibility index (Phi) is 3.09. The highest BCUT2D eigenvalue weighted by Crippen LogP contribution is 2.22. The summed E-state index contributed by atoms with van der Waals surface area (Å²) in [7, 11) is 0. The Balaban J connectivity index is 1.90. The summed E-state index contributed by atoms with van der Waals surface area (Å²) in [4.78, 5) is 27.3. The first kappa shape index (κ1) is 12.6. The number of rotatable bonds is 1. The van der Waals surface area contributed by atoms with E-state index < -0.39 is 6.09 Å². The minimum atomic E-state index is -0.866. The summed E-state index contributed by atoms with van der Waals surface area (Å²) in [5.41, 5.74) is 1.59. The van der Waals surface area contributed by atoms with Crippen LogP contribution < -0.4 is 4.90 Å². The molecule has 2 aromatic heterocycles. The number of carboxylic acid groups (broad SMARTS) is 1. The predicted octanol–water partition coefficient (Wildman–Crippen LogP) is 1.13. The quantitative estimate of drug-likeness (QED) is 0.838. The molecule has 1 saturated heterocycles. The second-order valence-electron chi connectivity index (χ2n) is 4.78. The number of fused-ring (bicyclic) bond motifs is 1. The van der Waals surface area contributed by atoms with Gasteiger partial charge in [-0.05, 0) is 19.1 Å². The molecule has 1 aliphatic rings. The second kappa shape index (κ2) is 4.92. The maximum absolute atomic E-state index is 10.9. The number of carbonyl (C=O) groups is 1. The van der Waals surface area contributed by atoms with E-state index in [1.165, 1.54) is 11.2 Å². The van der Waals surface area contributed by atoms with Crippen LogP contribution in [0.15, 0.2) is 18.5 Å². The van der Waals surface area contributed by atoms with Crippen LogP contribution in [0.25, 0.3) is 11.0 Å². The van der Waals surface area contributed by atoms with Crippen LogP contribution in [0.1, 0.15) is 5.69 Å². The molecule has 0 aromatic carbocycles. The van der Waals surface area contributed by atoms with Crippen molar-refractivity contribution in [2.24, 2.45) is 0 Å². The van der Waals surface area contributed by atoms with Crippen molar-refractivity contribution in [2.45, 2.75) is 6.92 Å². The number of anilines is 1. The number of aryl methyl sites for hydroxylation is 1. The molecule has 1 fully saturated rings. The fraction of sp³-hybridized carbons (Fsp3) is 0.385. The Bertz CT molecular complexity index is 652. The smallest absolute Gasteiger partial charge is 0.407 e. The van der Waals surface area contributed by atoms with E-state index in [-0.39, 0.29) is 0 Å². The van der Waals surface area contributed by atoms with E-state index in [0.717, 1.165) is 16.9 Å². The van der Waals surface area contributed by atoms with Crippen molar-refractivity contribution in [2.75, 3.05) is 31.1 Å². The average molecular weight is 273 g/mol. The molecule has 3 rings (SSSR count). The molecule has 7 heteroatoms. The Morgan fingerprint density at radius 2 is 1.95 bits per heavy atom. The molecule has 20 heavy (non-hydrogen) atoms. The third-order valence-electron chi connectivity index (χ3n) is 3.47. The van der Waals surface area contributed by atoms with Crippen molar-refractivity contribution in [3.8, 4) is 0 Å². The Morgan fingerprint density at radius 3 is 2.65 bits per heavy atom. The van der Waals surface area contributed by atoms with E-state index in [9.17, 15) is 4.79 Å². The summed E-state index contributed by atoms with van der Waals surface area (Å²) >= 11 is 0. The number of hydrogen-bond acceptors (Lipinski definition) is 5. The fourth-order valence-corrected chi connectivity index (χ4v) is 2.39. The fourth-order valence-electron chi connectivity index (χ4n) is 2.39. The summed E-state index contributed by atoms with van der Waals surface area (Å²) in [6.45, 7) is 4.16. The number of amides is 1. The van der Waals surface area contributed by atoms with E-state index in [1.54, 1.807) is 0 Å². The van der Waals surface area contributed by atoms with Crippen LogP contribution in [-0.4, -0.2) is 57.2 Å². The van der Waals surface area contributed by atoms with Gasteiger partial charge >= 0.3 is 6.09 Å². The first-order chi connectivity index (χ1) is 9.65. The van der Waals surface area contributed by atoms with Gasteiger partial charge in [0.25, 0.3) is 0 Å². The van der Waals surface area contributed by atoms with Crippen molar-refractivity contribution in [1.29, 1.82) is 0 Å². The van der Waals surface area contributed by atoms with Gasteiger partial charge in [0, 0.05) is 31.9 Å². The van der Waals surface area contributed by atoms with Gasteiger partial charge in [0.15, 0.2) is 5.65 Å². The van der Waals surface area contributed by atoms with Gasteiger partial charge in [0.2, 0.25) is 0 Å². The maximum atomic E-state index is 10.9. The van der Waals surface area contributed by atoms with E-state index in [0.29, 0.717) is 31.8 Å². The lowest BCUT2D eigenvalue weighted by atomic mass is 10.2. The molecule has 2 aromatic rings. The largest absolute Gasteiger partial charge is 0.465 e. The standard InChI is InChI=1S/C13H15N5O2/c1-9-2-3-10-11(16-9)14-8-15-12(10)17-4-6-18(7-5-17)13(19)20/h2-3,8H,4-7H2,1H3,(H,19,20). The van der Waals surface area contributed by atoms with Gasteiger partial charge in [-0.15, -0.1) is 0 Å². The molecule has 1 aliphatic heterocycles. The van der Waals surface area contributed by atoms with E-state index >= 15 is 0 Å². The number of aromatic nitrogens is 3. The summed E-state index contributed by atoms with van der Waals surface area (Å²) in [5, 5.41) is 9.87. The molecule has 0 atom stereocenters. The highest BCUT2D eigenvalue weighted by molar-refractivity contribution is 5.86. The first-order valence-corrected chi connectivity index (χ1v) is 6.46. The third-order valence-corrected chi connectivity index (χ3v) is 3.47. The Labute approximate surface area is 115 Å². The van der Waals surface area contributed by atoms with Gasteiger partial charge in [-0.2, -0.15) is 0 Å². The van der Waals surface area contributed by atoms with Crippen LogP contribution >= 0.6 is 0 Å². The molecular weight excluding hydrogens is 258 g/mol. The minimum Gasteiger partial charge on any atom is -0.465 e. The van der Waals surface area contributed by atoms with Crippen LogP contribution in [0.5, 0.6) is 0 Å². The van der Waals surface area contributed by atoms with Gasteiger partial charge in [0.05, 0.1) is 5.39 Å². The van der Waals surface area contributed by atoms with E-state index in [1.807, 2.05) is 19.1 Å². The monoisotopic (exact) mass is 273 g/mol. The van der Waals surface area contributed by atoms with Crippen LogP contribution in [0.4, 0.5) is 10.6 Å². The molecule has 0 radical (unpaired) electrons. The summed E-state index contributed by atoms with van der Waals surface area (Å²) in [6.07, 6.45) is 0.641. The van der Waals surface area contributed by atoms with Crippen LogP contribution in [-0.2, 0) is 0 Å². The van der Waals surface area contributed by atoms with Gasteiger partial charge in [-0.25, -0.2) is 19.7 Å². The second-order valence-corrected chi connectivity index (χ2v) is 4.78. The zero-order chi connectivity index (χ0) is 14.1. The molecule has 0 aliphatic carbocycles. The predicted molar refractivity (Wildman–Crippen MR) is 73.9 cm³/mol. The summed E-state index contributed by atoms with van der Waals surface area (Å²) in [5.74, 6) is 0.826. The molecule has 0 bridgehead atoms. The topological polar surface area (TPSA) is 82.5 Å². The Hall–Kier alpha value is -2.44. The van der Waals surface area contributed by atoms with Crippen molar-refractivity contribution in [3.63, 3.8) is 0 Å². The van der Waals surface area contributed by atoms with Crippen molar-refractivity contribution >= 4 is 22.9 Å². The lowest BCUT2D eigenvalue weighted by Gasteiger charge is -2.34. The summed E-state index contributed by atoms with van der Waals surface area (Å²) in [6, 6.07) is 3.90. The van der Waals surface area contributed by atoms with Crippen LogP contribution in [0.3, 0.4) is 0 Å². The first-order valence-electron chi connectivity index (χ1n) is 6.46. The number of piperazine rings is 1. The van der Waals surface area contributed by atoms with Crippen LogP contribution in [0, 0.1) is 6.92 Å². The molecule has 1 amide bonds. The number of pyridine rings is 1. The highest BCUT2D eigenvalue weighted by Gasteiger charge is 2.22. The van der Waals surface area contributed by atoms with Gasteiger partial charge < -0.3 is 14.9 Å². The molecular formula is C13H15N5O2. The van der Waals surface area contributed by atoms with Crippen molar-refractivity contribution in [1.82, 2.24) is 19.9 Å². The number of hydrogen-bond donors (Lipinski definition) is 1. The molecule has 7 nitrogen and oxygen atoms in total. The zero-order valence-electron chi connectivity index (χ0n) is 11.2. The highest BCUT2D eigenvalue weighted by atomic mass is 16.4. The normalized spacial score (nSPS) is 15.7. The lowest BCUT2D eigenvalue weighted by molar-refractivity contribution is 0.142. The molecule has 0 spiro atoms. The third kappa shape index (κ3) is 2.22. The molecule has 3 heterocycles. The SMILES string of the molecule is Cc1ccc2c(N3CCN(C(=O)O)CC3)ncnc2n1. The lowest BCUT2D eigenvalue weighted by Crippen LogP contribution is -2.48. The van der Waals surface area contributed by atoms with Crippen molar-refractivity contribution < 1.29 is 9.90 Å². The molecule has 1 N–H and O–H groups in total. The molecule has 104 valence electrons. The average Bonchev–Trinajstić information content (AvgIpc) is 2.46. The van der Waals surface area contributed by atoms with Crippen molar-refractivity contribution in [3.05, 3.63) is 24.2 Å². The van der Waals surface area contributed by atoms with E-state index in [4.69, 9.17) is 5.11 Å². The number of nitrogens with zero attached hydrogens (tertiary/aromatic N) is 5. The maximum Gasteiger partial charge on any atom is 0.407 e. The minimum absolute atomic E-state index is 0.486. The molecule has 0 unspecified atom stereocenters. The van der Waals surface area contributed by atoms with Gasteiger partial charge in [-0.1, -0.05) is 0 Å². The zero-order valence-corrected chi connectivity index (χ0v) is 11.2. The van der Waals surface area contributed by atoms with Gasteiger partial charge in [-0.3, -0.25) is 0 Å². The molecule has 0 saturated carbocycles. The van der Waals surface area contributed by atoms with E-state index in [2.05, 4.69) is 19.9 Å². The van der Waals surface area contributed by atoms with Gasteiger partial charge in [0.1, 0.15) is 12.1 Å². The Morgan fingerprint density at radius 1 is 1.20 bits per heavy atom. The summed E-state index contributed by atoms with van der Waals surface area (Å²) < 4.78 is 0. The van der Waals surface area contributed by atoms with Crippen LogP contribution in [0.2, 0.25) is 0 Å².